The molecular weight excluding hydrogens is 386 g/mol. The van der Waals surface area contributed by atoms with Gasteiger partial charge < -0.3 is 20.7 Å². The summed E-state index contributed by atoms with van der Waals surface area (Å²) in [5, 5.41) is 8.06. The molecule has 1 saturated carbocycles. The third kappa shape index (κ3) is 5.58. The summed E-state index contributed by atoms with van der Waals surface area (Å²) in [5.74, 6) is -1.64. The molecule has 3 atom stereocenters. The van der Waals surface area contributed by atoms with E-state index in [9.17, 15) is 19.2 Å². The summed E-state index contributed by atoms with van der Waals surface area (Å²) in [7, 11) is 1.30. The average molecular weight is 415 g/mol. The van der Waals surface area contributed by atoms with Crippen LogP contribution in [0, 0.1) is 5.92 Å². The highest BCUT2D eigenvalue weighted by atomic mass is 16.5. The third-order valence-corrected chi connectivity index (χ3v) is 5.83. The topological polar surface area (TPSA) is 114 Å². The van der Waals surface area contributed by atoms with Gasteiger partial charge in [0.15, 0.2) is 0 Å². The van der Waals surface area contributed by atoms with Crippen LogP contribution in [0.15, 0.2) is 30.3 Å². The second-order valence-corrected chi connectivity index (χ2v) is 7.98. The van der Waals surface area contributed by atoms with Crippen LogP contribution in [0.1, 0.15) is 44.1 Å². The Labute approximate surface area is 176 Å². The van der Waals surface area contributed by atoms with Crippen molar-refractivity contribution in [2.75, 3.05) is 7.11 Å². The van der Waals surface area contributed by atoms with Crippen LogP contribution in [0.4, 0.5) is 0 Å². The van der Waals surface area contributed by atoms with E-state index < -0.39 is 35.9 Å². The Kier molecular flexibility index (Phi) is 7.43. The predicted octanol–water partition coefficient (Wildman–Crippen LogP) is 0.841. The summed E-state index contributed by atoms with van der Waals surface area (Å²) in [5.41, 5.74) is 0.933. The molecule has 162 valence electrons. The molecule has 8 heteroatoms. The summed E-state index contributed by atoms with van der Waals surface area (Å²) in [6.07, 6.45) is 5.00. The number of carbonyl (C=O) groups is 4. The first-order valence-electron chi connectivity index (χ1n) is 10.5. The van der Waals surface area contributed by atoms with Crippen LogP contribution in [0.3, 0.4) is 0 Å². The van der Waals surface area contributed by atoms with Gasteiger partial charge in [-0.2, -0.15) is 0 Å². The Morgan fingerprint density at radius 2 is 1.67 bits per heavy atom. The number of esters is 1. The molecule has 1 aromatic carbocycles. The Morgan fingerprint density at radius 3 is 2.33 bits per heavy atom. The molecule has 0 spiro atoms. The van der Waals surface area contributed by atoms with Gasteiger partial charge in [0, 0.05) is 6.42 Å². The van der Waals surface area contributed by atoms with Gasteiger partial charge in [-0.15, -0.1) is 0 Å². The van der Waals surface area contributed by atoms with Crippen LogP contribution in [-0.4, -0.2) is 48.9 Å². The van der Waals surface area contributed by atoms with Crippen LogP contribution in [0.2, 0.25) is 0 Å². The van der Waals surface area contributed by atoms with E-state index >= 15 is 0 Å². The minimum atomic E-state index is -0.964. The molecule has 1 aliphatic heterocycles. The maximum atomic E-state index is 12.6. The van der Waals surface area contributed by atoms with Crippen molar-refractivity contribution in [1.29, 1.82) is 0 Å². The zero-order valence-electron chi connectivity index (χ0n) is 17.2. The predicted molar refractivity (Wildman–Crippen MR) is 109 cm³/mol. The average Bonchev–Trinajstić information content (AvgIpc) is 2.76. The molecular formula is C22H29N3O5. The van der Waals surface area contributed by atoms with Crippen molar-refractivity contribution in [1.82, 2.24) is 16.0 Å². The minimum Gasteiger partial charge on any atom is -0.467 e. The molecule has 0 aromatic heterocycles. The standard InChI is InChI=1S/C22H29N3O5/c1-30-22(29)19(15-10-6-3-7-11-15)25-18(26)13-17-21(28)23-16(20(27)24-17)12-14-8-4-2-5-9-14/h2,4-5,8-9,15-17,19H,3,6-7,10-13H2,1H3,(H,23,28)(H,24,27)(H,25,26)/t16-,17-,19+/m0/s1. The Balaban J connectivity index is 1.56. The van der Waals surface area contributed by atoms with Gasteiger partial charge >= 0.3 is 5.97 Å². The minimum absolute atomic E-state index is 0.0279. The van der Waals surface area contributed by atoms with E-state index in [0.29, 0.717) is 6.42 Å². The fourth-order valence-electron chi connectivity index (χ4n) is 4.19. The number of rotatable bonds is 7. The van der Waals surface area contributed by atoms with E-state index in [1.807, 2.05) is 30.3 Å². The summed E-state index contributed by atoms with van der Waals surface area (Å²) in [6.45, 7) is 0. The lowest BCUT2D eigenvalue weighted by Gasteiger charge is -2.31. The molecule has 1 aliphatic carbocycles. The summed E-state index contributed by atoms with van der Waals surface area (Å²) in [6, 6.07) is 7.03. The van der Waals surface area contributed by atoms with Crippen molar-refractivity contribution < 1.29 is 23.9 Å². The van der Waals surface area contributed by atoms with Crippen LogP contribution in [-0.2, 0) is 30.3 Å². The molecule has 3 N–H and O–H groups in total. The number of benzene rings is 1. The van der Waals surface area contributed by atoms with E-state index in [-0.39, 0.29) is 18.2 Å². The smallest absolute Gasteiger partial charge is 0.328 e. The van der Waals surface area contributed by atoms with Crippen molar-refractivity contribution in [2.24, 2.45) is 5.92 Å². The monoisotopic (exact) mass is 415 g/mol. The van der Waals surface area contributed by atoms with Crippen LogP contribution in [0.5, 0.6) is 0 Å². The fourth-order valence-corrected chi connectivity index (χ4v) is 4.19. The van der Waals surface area contributed by atoms with E-state index in [2.05, 4.69) is 16.0 Å². The second kappa shape index (κ2) is 10.2. The normalized spacial score (nSPS) is 23.1. The van der Waals surface area contributed by atoms with Crippen molar-refractivity contribution in [3.05, 3.63) is 35.9 Å². The van der Waals surface area contributed by atoms with Gasteiger partial charge in [-0.25, -0.2) is 4.79 Å². The van der Waals surface area contributed by atoms with E-state index in [1.54, 1.807) is 0 Å². The molecule has 0 radical (unpaired) electrons. The zero-order valence-corrected chi connectivity index (χ0v) is 17.2. The van der Waals surface area contributed by atoms with E-state index in [0.717, 1.165) is 37.7 Å². The van der Waals surface area contributed by atoms with Gasteiger partial charge in [-0.3, -0.25) is 14.4 Å². The van der Waals surface area contributed by atoms with Gasteiger partial charge in [-0.1, -0.05) is 49.6 Å². The molecule has 0 unspecified atom stereocenters. The molecule has 3 amide bonds. The highest BCUT2D eigenvalue weighted by Crippen LogP contribution is 2.27. The van der Waals surface area contributed by atoms with Crippen molar-refractivity contribution >= 4 is 23.7 Å². The van der Waals surface area contributed by atoms with Gasteiger partial charge in [0.2, 0.25) is 17.7 Å². The molecule has 1 saturated heterocycles. The number of hydrogen-bond acceptors (Lipinski definition) is 5. The first-order valence-corrected chi connectivity index (χ1v) is 10.5. The molecule has 3 rings (SSSR count). The molecule has 2 aliphatic rings. The van der Waals surface area contributed by atoms with Crippen molar-refractivity contribution in [2.45, 2.75) is 63.1 Å². The SMILES string of the molecule is COC(=O)[C@H](NC(=O)C[C@@H]1NC(=O)[C@H](Cc2ccccc2)NC1=O)C1CCCCC1. The number of methoxy groups -OCH3 is 1. The number of carbonyl (C=O) groups excluding carboxylic acids is 4. The van der Waals surface area contributed by atoms with Crippen molar-refractivity contribution in [3.8, 4) is 0 Å². The lowest BCUT2D eigenvalue weighted by Crippen LogP contribution is -2.63. The molecule has 1 heterocycles. The number of hydrogen-bond donors (Lipinski definition) is 3. The number of ether oxygens (including phenoxy) is 1. The van der Waals surface area contributed by atoms with Crippen LogP contribution in [0.25, 0.3) is 0 Å². The zero-order chi connectivity index (χ0) is 21.5. The third-order valence-electron chi connectivity index (χ3n) is 5.83. The van der Waals surface area contributed by atoms with E-state index in [4.69, 9.17) is 4.74 Å². The van der Waals surface area contributed by atoms with Crippen LogP contribution >= 0.6 is 0 Å². The first-order chi connectivity index (χ1) is 14.5. The Hall–Kier alpha value is -2.90. The molecule has 0 bridgehead atoms. The lowest BCUT2D eigenvalue weighted by molar-refractivity contribution is -0.147. The van der Waals surface area contributed by atoms with Crippen LogP contribution < -0.4 is 16.0 Å². The Bertz CT molecular complexity index is 776. The molecule has 8 nitrogen and oxygen atoms in total. The fraction of sp³-hybridized carbons (Fsp3) is 0.545. The van der Waals surface area contributed by atoms with Gasteiger partial charge in [0.1, 0.15) is 18.1 Å². The summed E-state index contributed by atoms with van der Waals surface area (Å²) in [4.78, 5) is 49.6. The lowest BCUT2D eigenvalue weighted by atomic mass is 9.83. The Morgan fingerprint density at radius 1 is 1.03 bits per heavy atom. The largest absolute Gasteiger partial charge is 0.467 e. The molecule has 1 aromatic rings. The maximum absolute atomic E-state index is 12.6. The van der Waals surface area contributed by atoms with E-state index in [1.165, 1.54) is 7.11 Å². The summed E-state index contributed by atoms with van der Waals surface area (Å²) >= 11 is 0. The van der Waals surface area contributed by atoms with Gasteiger partial charge in [0.05, 0.1) is 13.5 Å². The number of nitrogens with one attached hydrogen (secondary N) is 3. The number of amides is 3. The highest BCUT2D eigenvalue weighted by Gasteiger charge is 2.37. The highest BCUT2D eigenvalue weighted by molar-refractivity contribution is 5.99. The number of piperazine rings is 1. The van der Waals surface area contributed by atoms with Gasteiger partial charge in [-0.05, 0) is 24.3 Å². The van der Waals surface area contributed by atoms with Crippen molar-refractivity contribution in [3.63, 3.8) is 0 Å². The quantitative estimate of drug-likeness (QED) is 0.571. The molecule has 30 heavy (non-hydrogen) atoms. The molecule has 2 fully saturated rings. The summed E-state index contributed by atoms with van der Waals surface area (Å²) < 4.78 is 4.86. The maximum Gasteiger partial charge on any atom is 0.328 e. The second-order valence-electron chi connectivity index (χ2n) is 7.98. The van der Waals surface area contributed by atoms with Gasteiger partial charge in [0.25, 0.3) is 0 Å². The first kappa shape index (κ1) is 21.8.